The minimum atomic E-state index is -1.17. The monoisotopic (exact) mass is 225 g/mol. The molecule has 0 amide bonds. The highest BCUT2D eigenvalue weighted by atomic mass is 17.0. The van der Waals surface area contributed by atoms with Crippen LogP contribution < -0.4 is 0 Å². The van der Waals surface area contributed by atoms with Gasteiger partial charge in [0, 0.05) is 0 Å². The van der Waals surface area contributed by atoms with E-state index in [4.69, 9.17) is 5.11 Å². The molecule has 0 aliphatic heterocycles. The van der Waals surface area contributed by atoms with Crippen LogP contribution in [0.3, 0.4) is 0 Å². The molecule has 0 aliphatic rings. The molecule has 0 aromatic heterocycles. The lowest BCUT2D eigenvalue weighted by atomic mass is 10.0. The Morgan fingerprint density at radius 3 is 2.56 bits per heavy atom. The third kappa shape index (κ3) is 3.66. The van der Waals surface area contributed by atoms with Crippen molar-refractivity contribution >= 4 is 5.97 Å². The average Bonchev–Trinajstić information content (AvgIpc) is 2.26. The number of aliphatic hydroxyl groups excluding tert-OH is 1. The molecule has 1 atom stereocenters. The summed E-state index contributed by atoms with van der Waals surface area (Å²) in [5.41, 5.74) is 0.807. The zero-order valence-electron chi connectivity index (χ0n) is 8.41. The van der Waals surface area contributed by atoms with Crippen molar-refractivity contribution in [1.82, 2.24) is 0 Å². The normalized spacial score (nSPS) is 11.8. The molecule has 1 aromatic carbocycles. The van der Waals surface area contributed by atoms with E-state index >= 15 is 0 Å². The summed E-state index contributed by atoms with van der Waals surface area (Å²) in [7, 11) is 0. The van der Waals surface area contributed by atoms with E-state index in [0.29, 0.717) is 0 Å². The first kappa shape index (κ1) is 12.1. The van der Waals surface area contributed by atoms with Gasteiger partial charge in [-0.05, 0) is 12.0 Å². The van der Waals surface area contributed by atoms with Crippen molar-refractivity contribution in [2.24, 2.45) is 5.92 Å². The van der Waals surface area contributed by atoms with Gasteiger partial charge in [0.25, 0.3) is 0 Å². The number of carbonyl (C=O) groups is 1. The summed E-state index contributed by atoms with van der Waals surface area (Å²) in [6.07, 6.45) is 0.212. The molecule has 0 saturated heterocycles. The Kier molecular flexibility index (Phi) is 4.41. The van der Waals surface area contributed by atoms with Crippen LogP contribution in [0, 0.1) is 16.0 Å². The Morgan fingerprint density at radius 2 is 2.06 bits per heavy atom. The SMILES string of the molecule is O=C(O[N+](=O)[O-])C(CO)Cc1ccccc1. The van der Waals surface area contributed by atoms with Gasteiger partial charge in [0.05, 0.1) is 12.5 Å². The van der Waals surface area contributed by atoms with Crippen LogP contribution in [0.1, 0.15) is 5.56 Å². The van der Waals surface area contributed by atoms with Crippen LogP contribution >= 0.6 is 0 Å². The molecule has 16 heavy (non-hydrogen) atoms. The highest BCUT2D eigenvalue weighted by Gasteiger charge is 2.21. The van der Waals surface area contributed by atoms with Crippen LogP contribution in [0.4, 0.5) is 0 Å². The van der Waals surface area contributed by atoms with Gasteiger partial charge in [-0.15, -0.1) is 10.1 Å². The van der Waals surface area contributed by atoms with E-state index in [1.54, 1.807) is 24.3 Å². The molecule has 0 spiro atoms. The molecule has 1 aromatic rings. The summed E-state index contributed by atoms with van der Waals surface area (Å²) in [6.45, 7) is -0.485. The highest BCUT2D eigenvalue weighted by molar-refractivity contribution is 5.72. The second kappa shape index (κ2) is 5.82. The summed E-state index contributed by atoms with van der Waals surface area (Å²) in [5, 5.41) is 17.7. The Balaban J connectivity index is 2.62. The van der Waals surface area contributed by atoms with Crippen molar-refractivity contribution in [2.45, 2.75) is 6.42 Å². The molecule has 0 radical (unpaired) electrons. The number of aliphatic hydroxyl groups is 1. The largest absolute Gasteiger partial charge is 0.396 e. The minimum absolute atomic E-state index is 0.212. The van der Waals surface area contributed by atoms with E-state index in [-0.39, 0.29) is 6.42 Å². The predicted octanol–water partition coefficient (Wildman–Crippen LogP) is 0.573. The van der Waals surface area contributed by atoms with Crippen LogP contribution in [0.2, 0.25) is 0 Å². The van der Waals surface area contributed by atoms with Crippen LogP contribution in [0.25, 0.3) is 0 Å². The van der Waals surface area contributed by atoms with Gasteiger partial charge >= 0.3 is 11.1 Å². The molecule has 0 bridgehead atoms. The standard InChI is InChI=1S/C10H11NO5/c12-7-9(10(13)16-11(14)15)6-8-4-2-1-3-5-8/h1-5,9,12H,6-7H2. The van der Waals surface area contributed by atoms with Gasteiger partial charge in [0.15, 0.2) is 0 Å². The van der Waals surface area contributed by atoms with Crippen LogP contribution in [-0.4, -0.2) is 22.8 Å². The van der Waals surface area contributed by atoms with Gasteiger partial charge in [-0.25, -0.2) is 4.84 Å². The van der Waals surface area contributed by atoms with Gasteiger partial charge < -0.3 is 5.11 Å². The third-order valence-corrected chi connectivity index (χ3v) is 2.04. The number of carbonyl (C=O) groups excluding carboxylic acids is 1. The maximum atomic E-state index is 11.2. The quantitative estimate of drug-likeness (QED) is 0.584. The van der Waals surface area contributed by atoms with Crippen molar-refractivity contribution in [3.8, 4) is 0 Å². The molecule has 0 saturated carbocycles. The summed E-state index contributed by atoms with van der Waals surface area (Å²) in [5.74, 6) is -1.94. The first-order valence-electron chi connectivity index (χ1n) is 4.64. The summed E-state index contributed by atoms with van der Waals surface area (Å²) >= 11 is 0. The zero-order valence-corrected chi connectivity index (χ0v) is 8.41. The molecule has 1 N–H and O–H groups in total. The maximum absolute atomic E-state index is 11.2. The number of rotatable bonds is 5. The molecular formula is C10H11NO5. The van der Waals surface area contributed by atoms with Gasteiger partial charge in [-0.2, -0.15) is 0 Å². The number of nitrogens with zero attached hydrogens (tertiary/aromatic N) is 1. The first-order valence-corrected chi connectivity index (χ1v) is 4.64. The molecular weight excluding hydrogens is 214 g/mol. The Bertz CT molecular complexity index is 365. The number of benzene rings is 1. The van der Waals surface area contributed by atoms with E-state index in [2.05, 4.69) is 4.84 Å². The lowest BCUT2D eigenvalue weighted by molar-refractivity contribution is -0.730. The van der Waals surface area contributed by atoms with Crippen LogP contribution in [0.5, 0.6) is 0 Å². The van der Waals surface area contributed by atoms with E-state index < -0.39 is 23.6 Å². The van der Waals surface area contributed by atoms with E-state index in [1.165, 1.54) is 0 Å². The van der Waals surface area contributed by atoms with Gasteiger partial charge in [0.1, 0.15) is 0 Å². The summed E-state index contributed by atoms with van der Waals surface area (Å²) in [6, 6.07) is 8.90. The van der Waals surface area contributed by atoms with Gasteiger partial charge in [-0.1, -0.05) is 30.3 Å². The Hall–Kier alpha value is -1.95. The smallest absolute Gasteiger partial charge is 0.309 e. The van der Waals surface area contributed by atoms with Crippen molar-refractivity contribution in [3.05, 3.63) is 46.0 Å². The fourth-order valence-corrected chi connectivity index (χ4v) is 1.27. The topological polar surface area (TPSA) is 89.7 Å². The lowest BCUT2D eigenvalue weighted by Crippen LogP contribution is -2.25. The number of hydrogen-bond donors (Lipinski definition) is 1. The molecule has 0 heterocycles. The average molecular weight is 225 g/mol. The fourth-order valence-electron chi connectivity index (χ4n) is 1.27. The maximum Gasteiger partial charge on any atom is 0.309 e. The molecule has 0 aliphatic carbocycles. The van der Waals surface area contributed by atoms with Crippen LogP contribution in [-0.2, 0) is 16.1 Å². The van der Waals surface area contributed by atoms with Crippen molar-refractivity contribution < 1.29 is 19.8 Å². The third-order valence-electron chi connectivity index (χ3n) is 2.04. The molecule has 1 unspecified atom stereocenters. The number of hydrogen-bond acceptors (Lipinski definition) is 5. The second-order valence-corrected chi connectivity index (χ2v) is 3.20. The zero-order chi connectivity index (χ0) is 12.0. The second-order valence-electron chi connectivity index (χ2n) is 3.20. The van der Waals surface area contributed by atoms with Gasteiger partial charge in [0.2, 0.25) is 0 Å². The molecule has 0 fully saturated rings. The minimum Gasteiger partial charge on any atom is -0.396 e. The Labute approximate surface area is 91.6 Å². The van der Waals surface area contributed by atoms with Crippen molar-refractivity contribution in [2.75, 3.05) is 6.61 Å². The summed E-state index contributed by atoms with van der Waals surface area (Å²) < 4.78 is 0. The first-order chi connectivity index (χ1) is 7.63. The van der Waals surface area contributed by atoms with E-state index in [9.17, 15) is 14.9 Å². The van der Waals surface area contributed by atoms with Crippen molar-refractivity contribution in [3.63, 3.8) is 0 Å². The molecule has 6 nitrogen and oxygen atoms in total. The fraction of sp³-hybridized carbons (Fsp3) is 0.300. The van der Waals surface area contributed by atoms with E-state index in [0.717, 1.165) is 5.56 Å². The Morgan fingerprint density at radius 1 is 1.44 bits per heavy atom. The van der Waals surface area contributed by atoms with E-state index in [1.807, 2.05) is 6.07 Å². The molecule has 1 rings (SSSR count). The predicted molar refractivity (Wildman–Crippen MR) is 53.8 cm³/mol. The molecule has 86 valence electrons. The lowest BCUT2D eigenvalue weighted by Gasteiger charge is -2.10. The van der Waals surface area contributed by atoms with Crippen molar-refractivity contribution in [1.29, 1.82) is 0 Å². The van der Waals surface area contributed by atoms with Crippen LogP contribution in [0.15, 0.2) is 30.3 Å². The molecule has 6 heteroatoms. The summed E-state index contributed by atoms with van der Waals surface area (Å²) in [4.78, 5) is 24.9. The highest BCUT2D eigenvalue weighted by Crippen LogP contribution is 2.10. The van der Waals surface area contributed by atoms with Gasteiger partial charge in [-0.3, -0.25) is 4.79 Å².